The lowest BCUT2D eigenvalue weighted by Gasteiger charge is -2.35. The largest absolute Gasteiger partial charge is 0.471 e. The molecule has 3 aromatic heterocycles. The van der Waals surface area contributed by atoms with Gasteiger partial charge in [-0.3, -0.25) is 24.1 Å². The van der Waals surface area contributed by atoms with Gasteiger partial charge in [-0.15, -0.1) is 11.3 Å². The van der Waals surface area contributed by atoms with Gasteiger partial charge in [-0.2, -0.15) is 4.98 Å². The maximum atomic E-state index is 15.2. The Balaban J connectivity index is 1.28. The van der Waals surface area contributed by atoms with Gasteiger partial charge in [0.15, 0.2) is 5.82 Å². The van der Waals surface area contributed by atoms with Crippen LogP contribution in [0, 0.1) is 5.92 Å². The number of alkyl carbamates (subject to hydrolysis) is 1. The van der Waals surface area contributed by atoms with E-state index in [0.717, 1.165) is 38.5 Å². The first kappa shape index (κ1) is 43.4. The van der Waals surface area contributed by atoms with E-state index in [2.05, 4.69) is 27.3 Å². The minimum atomic E-state index is -3.92. The van der Waals surface area contributed by atoms with Crippen LogP contribution in [-0.4, -0.2) is 92.7 Å². The Kier molecular flexibility index (Phi) is 13.1. The van der Waals surface area contributed by atoms with Crippen LogP contribution in [0.4, 0.5) is 4.79 Å². The van der Waals surface area contributed by atoms with Gasteiger partial charge in [0, 0.05) is 18.5 Å². The molecule has 4 unspecified atom stereocenters. The second-order valence-corrected chi connectivity index (χ2v) is 20.4. The highest BCUT2D eigenvalue weighted by atomic mass is 32.2. The van der Waals surface area contributed by atoms with Crippen molar-refractivity contribution in [3.05, 3.63) is 48.0 Å². The molecule has 15 nitrogen and oxygen atoms in total. The number of unbranched alkanes of at least 4 members (excludes halogenated alkanes) is 3. The van der Waals surface area contributed by atoms with Crippen molar-refractivity contribution >= 4 is 55.4 Å². The average Bonchev–Trinajstić information content (AvgIpc) is 4.09. The molecule has 0 radical (unpaired) electrons. The van der Waals surface area contributed by atoms with Crippen LogP contribution >= 0.6 is 11.3 Å². The monoisotopic (exact) mass is 863 g/mol. The summed E-state index contributed by atoms with van der Waals surface area (Å²) < 4.78 is 41.5. The van der Waals surface area contributed by atoms with Gasteiger partial charge in [0.1, 0.15) is 39.7 Å². The fraction of sp³-hybridized carbons (Fsp3) is 0.605. The zero-order valence-corrected chi connectivity index (χ0v) is 36.5. The van der Waals surface area contributed by atoms with Crippen molar-refractivity contribution in [3.63, 3.8) is 0 Å². The Bertz CT molecular complexity index is 2190. The average molecular weight is 864 g/mol. The Hall–Kier alpha value is -4.64. The fourth-order valence-corrected chi connectivity index (χ4v) is 10.4. The summed E-state index contributed by atoms with van der Waals surface area (Å²) in [6.45, 7) is 7.36. The highest BCUT2D eigenvalue weighted by Crippen LogP contribution is 2.46. The minimum Gasteiger partial charge on any atom is -0.471 e. The third kappa shape index (κ3) is 10.1. The standard InChI is InChI=1S/C43H57N7O8S2/c1-5-6-7-13-19-32-34(57-38-35-29(22-24-59-35)45-36(47-38)30-17-14-15-23-44-30)25-33-37(51)48-43(40(53)49-60(55,56)28-20-21-28)26-27(43)16-11-9-8-10-12-18-31(39(52)50(32)33)46-41(54)58-42(2,3)4/h11,14-17,22-24,27-28,31-34H,5-10,12-13,18-21,25-26H2,1-4H3,(H,46,54)(H,48,51)(H,49,53)/b16-11-/t27?,31?,32-,33?,34+,43?/m0/s1. The number of nitrogens with zero attached hydrogens (tertiary/aromatic N) is 4. The van der Waals surface area contributed by atoms with E-state index >= 15 is 4.79 Å². The first-order chi connectivity index (χ1) is 28.7. The number of fused-ring (bicyclic) bond motifs is 3. The molecule has 3 fully saturated rings. The molecule has 17 heteroatoms. The van der Waals surface area contributed by atoms with Crippen LogP contribution < -0.4 is 20.1 Å². The molecule has 3 aromatic rings. The predicted molar refractivity (Wildman–Crippen MR) is 227 cm³/mol. The molecule has 2 saturated carbocycles. The summed E-state index contributed by atoms with van der Waals surface area (Å²) in [4.78, 5) is 73.1. The van der Waals surface area contributed by atoms with Gasteiger partial charge >= 0.3 is 6.09 Å². The predicted octanol–water partition coefficient (Wildman–Crippen LogP) is 6.34. The van der Waals surface area contributed by atoms with Crippen molar-refractivity contribution in [1.82, 2.24) is 35.2 Å². The molecule has 6 atom stereocenters. The molecule has 4 aliphatic rings. The van der Waals surface area contributed by atoms with E-state index in [1.165, 1.54) is 11.3 Å². The quantitative estimate of drug-likeness (QED) is 0.136. The topological polar surface area (TPSA) is 199 Å². The van der Waals surface area contributed by atoms with E-state index in [9.17, 15) is 22.8 Å². The number of allylic oxidation sites excluding steroid dienone is 1. The Labute approximate surface area is 355 Å². The molecule has 0 bridgehead atoms. The van der Waals surface area contributed by atoms with Crippen molar-refractivity contribution in [2.75, 3.05) is 0 Å². The van der Waals surface area contributed by atoms with Gasteiger partial charge in [-0.25, -0.2) is 18.2 Å². The van der Waals surface area contributed by atoms with Gasteiger partial charge in [0.25, 0.3) is 5.91 Å². The number of carbonyl (C=O) groups excluding carboxylic acids is 4. The first-order valence-corrected chi connectivity index (χ1v) is 23.8. The fourth-order valence-electron chi connectivity index (χ4n) is 8.25. The summed E-state index contributed by atoms with van der Waals surface area (Å²) in [6.07, 6.45) is 12.5. The molecule has 60 heavy (non-hydrogen) atoms. The zero-order valence-electron chi connectivity index (χ0n) is 34.9. The van der Waals surface area contributed by atoms with E-state index in [1.54, 1.807) is 37.9 Å². The molecule has 2 aliphatic carbocycles. The number of ether oxygens (including phenoxy) is 2. The maximum Gasteiger partial charge on any atom is 0.408 e. The lowest BCUT2D eigenvalue weighted by atomic mass is 10.0. The van der Waals surface area contributed by atoms with E-state index < -0.39 is 80.4 Å². The van der Waals surface area contributed by atoms with E-state index in [4.69, 9.17) is 19.4 Å². The second-order valence-electron chi connectivity index (χ2n) is 17.5. The highest BCUT2D eigenvalue weighted by Gasteiger charge is 2.62. The van der Waals surface area contributed by atoms with E-state index in [-0.39, 0.29) is 12.8 Å². The summed E-state index contributed by atoms with van der Waals surface area (Å²) in [7, 11) is -3.92. The first-order valence-electron chi connectivity index (χ1n) is 21.4. The summed E-state index contributed by atoms with van der Waals surface area (Å²) in [6, 6.07) is 4.53. The third-order valence-corrected chi connectivity index (χ3v) is 14.3. The number of nitrogens with one attached hydrogen (secondary N) is 3. The van der Waals surface area contributed by atoms with Crippen LogP contribution in [0.5, 0.6) is 5.88 Å². The summed E-state index contributed by atoms with van der Waals surface area (Å²) in [5.74, 6) is -1.63. The van der Waals surface area contributed by atoms with Crippen LogP contribution in [-0.2, 0) is 29.1 Å². The number of aromatic nitrogens is 3. The maximum absolute atomic E-state index is 15.2. The molecule has 0 aromatic carbocycles. The number of hydrogen-bond acceptors (Lipinski definition) is 12. The van der Waals surface area contributed by atoms with Crippen molar-refractivity contribution in [2.45, 2.75) is 158 Å². The van der Waals surface area contributed by atoms with Crippen LogP contribution in [0.1, 0.15) is 118 Å². The van der Waals surface area contributed by atoms with Gasteiger partial charge in [-0.1, -0.05) is 63.7 Å². The van der Waals surface area contributed by atoms with Gasteiger partial charge < -0.3 is 25.0 Å². The number of carbonyl (C=O) groups is 4. The van der Waals surface area contributed by atoms with Gasteiger partial charge in [0.05, 0.1) is 16.8 Å². The zero-order chi connectivity index (χ0) is 42.7. The van der Waals surface area contributed by atoms with E-state index in [1.807, 2.05) is 35.7 Å². The molecule has 5 heterocycles. The van der Waals surface area contributed by atoms with Crippen molar-refractivity contribution < 1.29 is 37.1 Å². The summed E-state index contributed by atoms with van der Waals surface area (Å²) in [5.41, 5.74) is -1.13. The van der Waals surface area contributed by atoms with E-state index in [0.29, 0.717) is 66.1 Å². The number of hydrogen-bond donors (Lipinski definition) is 3. The lowest BCUT2D eigenvalue weighted by molar-refractivity contribution is -0.143. The normalized spacial score (nSPS) is 26.8. The third-order valence-electron chi connectivity index (χ3n) is 11.6. The van der Waals surface area contributed by atoms with Gasteiger partial charge in [0.2, 0.25) is 27.7 Å². The summed E-state index contributed by atoms with van der Waals surface area (Å²) >= 11 is 1.42. The molecule has 4 amide bonds. The highest BCUT2D eigenvalue weighted by molar-refractivity contribution is 7.91. The van der Waals surface area contributed by atoms with Crippen LogP contribution in [0.3, 0.4) is 0 Å². The van der Waals surface area contributed by atoms with Gasteiger partial charge in [-0.05, 0) is 89.3 Å². The van der Waals surface area contributed by atoms with Crippen LogP contribution in [0.2, 0.25) is 0 Å². The molecule has 324 valence electrons. The van der Waals surface area contributed by atoms with Crippen molar-refractivity contribution in [3.8, 4) is 17.4 Å². The molecule has 3 N–H and O–H groups in total. The van der Waals surface area contributed by atoms with Crippen molar-refractivity contribution in [1.29, 1.82) is 0 Å². The van der Waals surface area contributed by atoms with Crippen molar-refractivity contribution in [2.24, 2.45) is 5.92 Å². The molecule has 2 aliphatic heterocycles. The molecular weight excluding hydrogens is 807 g/mol. The molecule has 1 saturated heterocycles. The Morgan fingerprint density at radius 1 is 1.05 bits per heavy atom. The smallest absolute Gasteiger partial charge is 0.408 e. The number of thiophene rings is 1. The Morgan fingerprint density at radius 2 is 1.87 bits per heavy atom. The number of rotatable bonds is 12. The number of amides is 4. The van der Waals surface area contributed by atoms with Crippen LogP contribution in [0.25, 0.3) is 21.7 Å². The number of pyridine rings is 1. The summed E-state index contributed by atoms with van der Waals surface area (Å²) in [5, 5.41) is 7.08. The molecule has 0 spiro atoms. The second kappa shape index (κ2) is 18.1. The number of sulfonamides is 1. The minimum absolute atomic E-state index is 0.0452. The molecular formula is C43H57N7O8S2. The van der Waals surface area contributed by atoms with Crippen LogP contribution in [0.15, 0.2) is 48.0 Å². The SMILES string of the molecule is CCCCCC[C@H]1[C@H](Oc2nc(-c3ccccn3)nc3ccsc23)CC2C(=O)NC3(C(=O)NS(=O)(=O)C4CC4)CC3/C=C\CCCCCC(NC(=O)OC(C)(C)C)C(=O)N21. The lowest BCUT2D eigenvalue weighted by Crippen LogP contribution is -2.60. The Morgan fingerprint density at radius 3 is 2.60 bits per heavy atom. The molecule has 7 rings (SSSR count).